The quantitative estimate of drug-likeness (QED) is 0.722. The molecule has 0 aromatic heterocycles. The monoisotopic (exact) mass is 341 g/mol. The molecule has 0 aliphatic carbocycles. The van der Waals surface area contributed by atoms with Crippen molar-refractivity contribution in [2.24, 2.45) is 5.41 Å². The summed E-state index contributed by atoms with van der Waals surface area (Å²) in [6, 6.07) is 5.39. The molecule has 0 bridgehead atoms. The smallest absolute Gasteiger partial charge is 0.311 e. The van der Waals surface area contributed by atoms with Gasteiger partial charge in [0.05, 0.1) is 17.5 Å². The summed E-state index contributed by atoms with van der Waals surface area (Å²) in [5.41, 5.74) is 0.0421. The molecule has 0 aliphatic heterocycles. The second-order valence-corrected chi connectivity index (χ2v) is 5.95. The molecule has 0 fully saturated rings. The first-order valence-electron chi connectivity index (χ1n) is 7.71. The fraction of sp³-hybridized carbons (Fsp3) is 0.529. The van der Waals surface area contributed by atoms with Crippen LogP contribution in [-0.4, -0.2) is 30.6 Å². The predicted octanol–water partition coefficient (Wildman–Crippen LogP) is 3.29. The molecule has 0 unspecified atom stereocenters. The Balaban J connectivity index is 2.54. The molecule has 1 amide bonds. The second-order valence-electron chi connectivity index (χ2n) is 5.54. The summed E-state index contributed by atoms with van der Waals surface area (Å²) < 4.78 is 5.08. The van der Waals surface area contributed by atoms with Gasteiger partial charge in [-0.1, -0.05) is 31.5 Å². The topological polar surface area (TPSA) is 75.6 Å². The molecule has 0 heterocycles. The van der Waals surface area contributed by atoms with Crippen LogP contribution >= 0.6 is 11.6 Å². The summed E-state index contributed by atoms with van der Waals surface area (Å²) in [6.07, 6.45) is 1.78. The van der Waals surface area contributed by atoms with Crippen LogP contribution in [0.2, 0.25) is 5.02 Å². The number of amides is 1. The van der Waals surface area contributed by atoms with Crippen LogP contribution in [0.15, 0.2) is 18.2 Å². The van der Waals surface area contributed by atoms with Gasteiger partial charge in [-0.15, -0.1) is 0 Å². The zero-order valence-electron chi connectivity index (χ0n) is 13.8. The van der Waals surface area contributed by atoms with Gasteiger partial charge in [0.15, 0.2) is 0 Å². The van der Waals surface area contributed by atoms with Gasteiger partial charge in [-0.2, -0.15) is 0 Å². The van der Waals surface area contributed by atoms with E-state index in [0.717, 1.165) is 5.56 Å². The highest BCUT2D eigenvalue weighted by Gasteiger charge is 2.34. The molecule has 1 aromatic rings. The Bertz CT molecular complexity index is 556. The lowest BCUT2D eigenvalue weighted by atomic mass is 9.82. The van der Waals surface area contributed by atoms with Gasteiger partial charge < -0.3 is 15.2 Å². The molecule has 2 N–H and O–H groups in total. The standard InChI is InChI=1S/C17H24ClNO4/c1-4-17(5-2,16(21)22)11-19-15(20)9-7-12-6-8-14(23-3)13(18)10-12/h6,8,10H,4-5,7,9,11H2,1-3H3,(H,19,20)(H,21,22). The number of hydrogen-bond donors (Lipinski definition) is 2. The fourth-order valence-electron chi connectivity index (χ4n) is 2.36. The van der Waals surface area contributed by atoms with E-state index in [1.54, 1.807) is 19.2 Å². The third-order valence-corrected chi connectivity index (χ3v) is 4.58. The van der Waals surface area contributed by atoms with Crippen LogP contribution in [0.4, 0.5) is 0 Å². The summed E-state index contributed by atoms with van der Waals surface area (Å²) >= 11 is 6.05. The van der Waals surface area contributed by atoms with Crippen molar-refractivity contribution in [3.8, 4) is 5.75 Å². The number of ether oxygens (including phenoxy) is 1. The normalized spacial score (nSPS) is 11.1. The summed E-state index contributed by atoms with van der Waals surface area (Å²) in [5.74, 6) is -0.439. The highest BCUT2D eigenvalue weighted by atomic mass is 35.5. The number of methoxy groups -OCH3 is 1. The zero-order chi connectivity index (χ0) is 17.5. The Hall–Kier alpha value is -1.75. The minimum atomic E-state index is -0.890. The van der Waals surface area contributed by atoms with Crippen molar-refractivity contribution in [1.82, 2.24) is 5.32 Å². The minimum absolute atomic E-state index is 0.150. The van der Waals surface area contributed by atoms with Crippen molar-refractivity contribution < 1.29 is 19.4 Å². The van der Waals surface area contributed by atoms with Crippen LogP contribution in [0.25, 0.3) is 0 Å². The Morgan fingerprint density at radius 1 is 1.30 bits per heavy atom. The fourth-order valence-corrected chi connectivity index (χ4v) is 2.64. The van der Waals surface area contributed by atoms with Gasteiger partial charge in [-0.05, 0) is 37.0 Å². The lowest BCUT2D eigenvalue weighted by Crippen LogP contribution is -2.42. The number of carbonyl (C=O) groups is 2. The maximum atomic E-state index is 12.0. The van der Waals surface area contributed by atoms with Gasteiger partial charge >= 0.3 is 5.97 Å². The van der Waals surface area contributed by atoms with E-state index in [0.29, 0.717) is 30.0 Å². The van der Waals surface area contributed by atoms with Crippen LogP contribution in [0.1, 0.15) is 38.7 Å². The Morgan fingerprint density at radius 3 is 2.43 bits per heavy atom. The van der Waals surface area contributed by atoms with Crippen LogP contribution in [0.5, 0.6) is 5.75 Å². The maximum absolute atomic E-state index is 12.0. The third-order valence-electron chi connectivity index (χ3n) is 4.29. The van der Waals surface area contributed by atoms with Crippen molar-refractivity contribution in [3.63, 3.8) is 0 Å². The van der Waals surface area contributed by atoms with E-state index in [2.05, 4.69) is 5.32 Å². The number of carbonyl (C=O) groups excluding carboxylic acids is 1. The van der Waals surface area contributed by atoms with Crippen molar-refractivity contribution in [3.05, 3.63) is 28.8 Å². The summed E-state index contributed by atoms with van der Waals surface area (Å²) in [5, 5.41) is 12.6. The molecule has 0 saturated carbocycles. The molecular formula is C17H24ClNO4. The van der Waals surface area contributed by atoms with Crippen LogP contribution in [0.3, 0.4) is 0 Å². The van der Waals surface area contributed by atoms with Crippen LogP contribution in [-0.2, 0) is 16.0 Å². The second kappa shape index (κ2) is 8.77. The number of hydrogen-bond acceptors (Lipinski definition) is 3. The first kappa shape index (κ1) is 19.3. The molecule has 6 heteroatoms. The Morgan fingerprint density at radius 2 is 1.96 bits per heavy atom. The number of carboxylic acids is 1. The molecule has 0 aliphatic rings. The Kier molecular flexibility index (Phi) is 7.36. The van der Waals surface area contributed by atoms with Crippen molar-refractivity contribution in [2.75, 3.05) is 13.7 Å². The molecule has 0 spiro atoms. The highest BCUT2D eigenvalue weighted by Crippen LogP contribution is 2.26. The van der Waals surface area contributed by atoms with Gasteiger partial charge in [0, 0.05) is 13.0 Å². The number of halogens is 1. The third kappa shape index (κ3) is 5.13. The number of aliphatic carboxylic acids is 1. The summed E-state index contributed by atoms with van der Waals surface area (Å²) in [4.78, 5) is 23.4. The number of benzene rings is 1. The lowest BCUT2D eigenvalue weighted by Gasteiger charge is -2.26. The van der Waals surface area contributed by atoms with E-state index >= 15 is 0 Å². The average molecular weight is 342 g/mol. The van der Waals surface area contributed by atoms with Gasteiger partial charge in [0.1, 0.15) is 5.75 Å². The number of aryl methyl sites for hydroxylation is 1. The largest absolute Gasteiger partial charge is 0.495 e. The van der Waals surface area contributed by atoms with E-state index in [1.165, 1.54) is 0 Å². The first-order chi connectivity index (χ1) is 10.9. The van der Waals surface area contributed by atoms with E-state index < -0.39 is 11.4 Å². The molecule has 0 atom stereocenters. The summed E-state index contributed by atoms with van der Waals surface area (Å²) in [6.45, 7) is 3.80. The number of nitrogens with one attached hydrogen (secondary N) is 1. The highest BCUT2D eigenvalue weighted by molar-refractivity contribution is 6.32. The van der Waals surface area contributed by atoms with Crippen molar-refractivity contribution in [2.45, 2.75) is 39.5 Å². The van der Waals surface area contributed by atoms with Gasteiger partial charge in [0.2, 0.25) is 5.91 Å². The minimum Gasteiger partial charge on any atom is -0.495 e. The molecule has 0 radical (unpaired) electrons. The number of carboxylic acid groups (broad SMARTS) is 1. The first-order valence-corrected chi connectivity index (χ1v) is 8.08. The van der Waals surface area contributed by atoms with Gasteiger partial charge in [-0.3, -0.25) is 9.59 Å². The van der Waals surface area contributed by atoms with E-state index in [-0.39, 0.29) is 18.9 Å². The van der Waals surface area contributed by atoms with Crippen LogP contribution < -0.4 is 10.1 Å². The van der Waals surface area contributed by atoms with Gasteiger partial charge in [-0.25, -0.2) is 0 Å². The van der Waals surface area contributed by atoms with E-state index in [4.69, 9.17) is 16.3 Å². The lowest BCUT2D eigenvalue weighted by molar-refractivity contribution is -0.149. The van der Waals surface area contributed by atoms with Crippen molar-refractivity contribution in [1.29, 1.82) is 0 Å². The van der Waals surface area contributed by atoms with E-state index in [1.807, 2.05) is 19.9 Å². The summed E-state index contributed by atoms with van der Waals surface area (Å²) in [7, 11) is 1.55. The van der Waals surface area contributed by atoms with E-state index in [9.17, 15) is 14.7 Å². The average Bonchev–Trinajstić information content (AvgIpc) is 2.54. The molecule has 5 nitrogen and oxygen atoms in total. The molecule has 1 aromatic carbocycles. The number of rotatable bonds is 9. The van der Waals surface area contributed by atoms with Crippen LogP contribution in [0, 0.1) is 5.41 Å². The Labute approximate surface area is 142 Å². The molecule has 23 heavy (non-hydrogen) atoms. The zero-order valence-corrected chi connectivity index (χ0v) is 14.6. The maximum Gasteiger partial charge on any atom is 0.311 e. The van der Waals surface area contributed by atoms with Gasteiger partial charge in [0.25, 0.3) is 0 Å². The molecular weight excluding hydrogens is 318 g/mol. The van der Waals surface area contributed by atoms with Crippen molar-refractivity contribution >= 4 is 23.5 Å². The predicted molar refractivity (Wildman–Crippen MR) is 90.0 cm³/mol. The molecule has 0 saturated heterocycles. The molecule has 1 rings (SSSR count). The molecule has 128 valence electrons. The SMILES string of the molecule is CCC(CC)(CNC(=O)CCc1ccc(OC)c(Cl)c1)C(=O)O.